The summed E-state index contributed by atoms with van der Waals surface area (Å²) in [7, 11) is 1.72. The second-order valence-electron chi connectivity index (χ2n) is 7.88. The molecule has 2 aromatic rings. The topological polar surface area (TPSA) is 51.4 Å². The molecule has 3 aliphatic heterocycles. The van der Waals surface area contributed by atoms with Gasteiger partial charge in [0.15, 0.2) is 11.5 Å². The van der Waals surface area contributed by atoms with Gasteiger partial charge in [-0.1, -0.05) is 18.2 Å². The molecular formula is C22H27N4O2+. The molecule has 1 fully saturated rings. The highest BCUT2D eigenvalue weighted by molar-refractivity contribution is 6.01. The maximum atomic E-state index is 6.74. The Labute approximate surface area is 165 Å². The van der Waals surface area contributed by atoms with E-state index in [0.717, 1.165) is 67.2 Å². The van der Waals surface area contributed by atoms with Gasteiger partial charge in [0.1, 0.15) is 0 Å². The van der Waals surface area contributed by atoms with Gasteiger partial charge in [0, 0.05) is 29.9 Å². The van der Waals surface area contributed by atoms with Crippen molar-refractivity contribution in [1.29, 1.82) is 0 Å². The second-order valence-corrected chi connectivity index (χ2v) is 7.88. The predicted octanol–water partition coefficient (Wildman–Crippen LogP) is 2.03. The van der Waals surface area contributed by atoms with Crippen LogP contribution in [0.4, 0.5) is 0 Å². The Morgan fingerprint density at radius 3 is 2.82 bits per heavy atom. The Bertz CT molecular complexity index is 891. The van der Waals surface area contributed by atoms with E-state index in [0.29, 0.717) is 0 Å². The first-order chi connectivity index (χ1) is 13.7. The maximum absolute atomic E-state index is 6.74. The van der Waals surface area contributed by atoms with E-state index < -0.39 is 5.72 Å². The molecule has 0 aliphatic carbocycles. The van der Waals surface area contributed by atoms with Gasteiger partial charge in [0.05, 0.1) is 51.3 Å². The third-order valence-electron chi connectivity index (χ3n) is 6.44. The fourth-order valence-corrected chi connectivity index (χ4v) is 4.82. The summed E-state index contributed by atoms with van der Waals surface area (Å²) in [4.78, 5) is 5.92. The van der Waals surface area contributed by atoms with Crippen molar-refractivity contribution in [2.75, 3.05) is 26.7 Å². The molecule has 1 N–H and O–H groups in total. The second kappa shape index (κ2) is 6.78. The van der Waals surface area contributed by atoms with Gasteiger partial charge >= 0.3 is 0 Å². The van der Waals surface area contributed by atoms with Gasteiger partial charge < -0.3 is 14.4 Å². The molecule has 6 nitrogen and oxygen atoms in total. The number of fused-ring (bicyclic) bond motifs is 4. The molecule has 0 bridgehead atoms. The van der Waals surface area contributed by atoms with Crippen molar-refractivity contribution in [3.8, 4) is 11.5 Å². The first kappa shape index (κ1) is 17.5. The van der Waals surface area contributed by atoms with Crippen LogP contribution in [-0.4, -0.2) is 48.2 Å². The van der Waals surface area contributed by atoms with Crippen molar-refractivity contribution in [2.24, 2.45) is 5.10 Å². The average Bonchev–Trinajstić information content (AvgIpc) is 3.22. The quantitative estimate of drug-likeness (QED) is 0.887. The summed E-state index contributed by atoms with van der Waals surface area (Å²) in [6.45, 7) is 5.61. The Balaban J connectivity index is 1.58. The molecule has 4 heterocycles. The monoisotopic (exact) mass is 379 g/mol. The number of hydrazone groups is 1. The smallest absolute Gasteiger partial charge is 0.209 e. The number of likely N-dealkylation sites (tertiary alicyclic amines) is 1. The molecule has 6 heteroatoms. The highest BCUT2D eigenvalue weighted by Gasteiger charge is 2.53. The minimum absolute atomic E-state index is 0.178. The zero-order valence-electron chi connectivity index (χ0n) is 16.5. The first-order valence-electron chi connectivity index (χ1n) is 10.2. The lowest BCUT2D eigenvalue weighted by Gasteiger charge is -2.50. The number of nitrogens with one attached hydrogen (secondary N) is 1. The lowest BCUT2D eigenvalue weighted by atomic mass is 9.90. The molecule has 0 radical (unpaired) electrons. The van der Waals surface area contributed by atoms with Crippen LogP contribution < -0.4 is 14.4 Å². The number of methoxy groups -OCH3 is 1. The number of para-hydroxylation sites is 1. The fraction of sp³-hybridized carbons (Fsp3) is 0.455. The molecule has 1 spiro atoms. The van der Waals surface area contributed by atoms with E-state index in [4.69, 9.17) is 14.6 Å². The van der Waals surface area contributed by atoms with Crippen molar-refractivity contribution in [3.05, 3.63) is 53.9 Å². The van der Waals surface area contributed by atoms with Crippen molar-refractivity contribution in [2.45, 2.75) is 38.0 Å². The van der Waals surface area contributed by atoms with Crippen LogP contribution in [0, 0.1) is 0 Å². The van der Waals surface area contributed by atoms with Crippen molar-refractivity contribution < 1.29 is 14.4 Å². The molecule has 28 heavy (non-hydrogen) atoms. The normalized spacial score (nSPS) is 28.4. The SMILES string of the molecule is CC[NH+]1CCC2(CC1)Oc1c(OC)cccc1[C@@H]1CC(c3cccnc3)=NN12. The molecule has 146 valence electrons. The molecule has 0 amide bonds. The number of hydrogen-bond donors (Lipinski definition) is 1. The molecule has 3 aliphatic rings. The summed E-state index contributed by atoms with van der Waals surface area (Å²) in [5, 5.41) is 7.35. The Morgan fingerprint density at radius 1 is 1.25 bits per heavy atom. The molecule has 1 aromatic heterocycles. The van der Waals surface area contributed by atoms with Gasteiger partial charge in [-0.2, -0.15) is 5.10 Å². The number of ether oxygens (including phenoxy) is 2. The lowest BCUT2D eigenvalue weighted by Crippen LogP contribution is -3.13. The largest absolute Gasteiger partial charge is 0.493 e. The summed E-state index contributed by atoms with van der Waals surface area (Å²) in [6.07, 6.45) is 6.50. The van der Waals surface area contributed by atoms with Crippen molar-refractivity contribution in [3.63, 3.8) is 0 Å². The standard InChI is InChI=1S/C22H26N4O2/c1-3-25-12-9-22(10-13-25)26-19(14-18(24-26)16-6-5-11-23-15-16)17-7-4-8-20(27-2)21(17)28-22/h4-8,11,15,19H,3,9-10,12-14H2,1-2H3/p+1/t19-/m0/s1. The highest BCUT2D eigenvalue weighted by atomic mass is 16.5. The summed E-state index contributed by atoms with van der Waals surface area (Å²) >= 11 is 0. The zero-order chi connectivity index (χ0) is 19.1. The van der Waals surface area contributed by atoms with Crippen LogP contribution >= 0.6 is 0 Å². The number of benzene rings is 1. The highest BCUT2D eigenvalue weighted by Crippen LogP contribution is 2.52. The van der Waals surface area contributed by atoms with E-state index >= 15 is 0 Å². The van der Waals surface area contributed by atoms with Crippen molar-refractivity contribution in [1.82, 2.24) is 9.99 Å². The summed E-state index contributed by atoms with van der Waals surface area (Å²) in [6, 6.07) is 10.4. The van der Waals surface area contributed by atoms with Crippen LogP contribution in [0.25, 0.3) is 0 Å². The van der Waals surface area contributed by atoms with E-state index in [1.807, 2.05) is 24.4 Å². The van der Waals surface area contributed by atoms with Gasteiger partial charge in [-0.15, -0.1) is 0 Å². The fourth-order valence-electron chi connectivity index (χ4n) is 4.82. The Kier molecular flexibility index (Phi) is 4.23. The molecule has 0 unspecified atom stereocenters. The van der Waals surface area contributed by atoms with Crippen LogP contribution in [0.15, 0.2) is 47.8 Å². The molecule has 1 atom stereocenters. The van der Waals surface area contributed by atoms with Crippen LogP contribution in [0.3, 0.4) is 0 Å². The number of pyridine rings is 1. The Hall–Kier alpha value is -2.60. The van der Waals surface area contributed by atoms with Gasteiger partial charge in [-0.05, 0) is 19.1 Å². The predicted molar refractivity (Wildman–Crippen MR) is 107 cm³/mol. The van der Waals surface area contributed by atoms with Crippen LogP contribution in [-0.2, 0) is 0 Å². The minimum atomic E-state index is -0.394. The van der Waals surface area contributed by atoms with Gasteiger partial charge in [0.2, 0.25) is 5.72 Å². The summed E-state index contributed by atoms with van der Waals surface area (Å²) in [5.41, 5.74) is 2.95. The zero-order valence-corrected chi connectivity index (χ0v) is 16.5. The molecule has 1 aromatic carbocycles. The number of nitrogens with zero attached hydrogens (tertiary/aromatic N) is 3. The minimum Gasteiger partial charge on any atom is -0.493 e. The van der Waals surface area contributed by atoms with Gasteiger partial charge in [-0.3, -0.25) is 4.98 Å². The van der Waals surface area contributed by atoms with E-state index in [2.05, 4.69) is 29.0 Å². The first-order valence-corrected chi connectivity index (χ1v) is 10.2. The third-order valence-corrected chi connectivity index (χ3v) is 6.44. The molecule has 5 rings (SSSR count). The van der Waals surface area contributed by atoms with Crippen molar-refractivity contribution >= 4 is 5.71 Å². The van der Waals surface area contributed by atoms with E-state index in [1.165, 1.54) is 0 Å². The van der Waals surface area contributed by atoms with Gasteiger partial charge in [0.25, 0.3) is 0 Å². The number of quaternary nitrogens is 1. The number of aromatic nitrogens is 1. The average molecular weight is 379 g/mol. The van der Waals surface area contributed by atoms with E-state index in [-0.39, 0.29) is 6.04 Å². The molecule has 0 saturated carbocycles. The van der Waals surface area contributed by atoms with Crippen LogP contribution in [0.1, 0.15) is 43.4 Å². The third kappa shape index (κ3) is 2.66. The lowest BCUT2D eigenvalue weighted by molar-refractivity contribution is -0.906. The number of piperidine rings is 1. The van der Waals surface area contributed by atoms with E-state index in [1.54, 1.807) is 18.2 Å². The van der Waals surface area contributed by atoms with Crippen LogP contribution in [0.5, 0.6) is 11.5 Å². The van der Waals surface area contributed by atoms with E-state index in [9.17, 15) is 0 Å². The Morgan fingerprint density at radius 2 is 2.11 bits per heavy atom. The van der Waals surface area contributed by atoms with Crippen LogP contribution in [0.2, 0.25) is 0 Å². The molecule has 1 saturated heterocycles. The molecular weight excluding hydrogens is 352 g/mol. The number of rotatable bonds is 3. The van der Waals surface area contributed by atoms with Gasteiger partial charge in [-0.25, -0.2) is 5.01 Å². The maximum Gasteiger partial charge on any atom is 0.209 e. The summed E-state index contributed by atoms with van der Waals surface area (Å²) < 4.78 is 12.4. The summed E-state index contributed by atoms with van der Waals surface area (Å²) in [5.74, 6) is 1.71. The number of hydrogen-bond acceptors (Lipinski definition) is 5.